The summed E-state index contributed by atoms with van der Waals surface area (Å²) in [5.41, 5.74) is 2.53. The second-order valence-corrected chi connectivity index (χ2v) is 10.7. The molecule has 1 saturated heterocycles. The average molecular weight is 615 g/mol. The first-order valence-corrected chi connectivity index (χ1v) is 14.9. The van der Waals surface area contributed by atoms with Crippen molar-refractivity contribution in [1.29, 1.82) is 0 Å². The first-order chi connectivity index (χ1) is 21.4. The van der Waals surface area contributed by atoms with Crippen LogP contribution in [0.25, 0.3) is 0 Å². The van der Waals surface area contributed by atoms with E-state index in [2.05, 4.69) is 21.7 Å². The standard InChI is InChI=1S/C30H42N6O8/c1-42-27-7-5-22(18-32-27)24(17-28(39)40)34-26(38)20-36-10-8-25(30(36)41)35(11-13-43-15-16-44-14-12-37)19-23-6-4-21-3-2-9-31-29(21)33-23/h4-7,18,24-25,37H,2-3,8-17,19-20H2,1H3,(H,31,33)(H,34,38)(H,39,40)/t24-,25?/m0/s1. The molecule has 1 unspecified atom stereocenters. The number of hydrogen-bond donors (Lipinski definition) is 4. The third-order valence-corrected chi connectivity index (χ3v) is 7.58. The Morgan fingerprint density at radius 1 is 1.18 bits per heavy atom. The number of anilines is 1. The Labute approximate surface area is 256 Å². The van der Waals surface area contributed by atoms with E-state index in [0.29, 0.717) is 57.3 Å². The molecule has 2 aromatic heterocycles. The number of likely N-dealkylation sites (tertiary alicyclic amines) is 1. The summed E-state index contributed by atoms with van der Waals surface area (Å²) >= 11 is 0. The molecule has 2 aliphatic rings. The highest BCUT2D eigenvalue weighted by Crippen LogP contribution is 2.24. The van der Waals surface area contributed by atoms with E-state index in [1.807, 2.05) is 11.0 Å². The number of amides is 2. The number of rotatable bonds is 18. The van der Waals surface area contributed by atoms with Crippen molar-refractivity contribution in [2.45, 2.75) is 44.3 Å². The summed E-state index contributed by atoms with van der Waals surface area (Å²) in [5, 5.41) is 24.4. The third-order valence-electron chi connectivity index (χ3n) is 7.58. The number of hydrogen-bond acceptors (Lipinski definition) is 11. The second-order valence-electron chi connectivity index (χ2n) is 10.7. The number of aliphatic carboxylic acids is 1. The number of carboxylic acids is 1. The molecule has 2 amide bonds. The molecule has 14 heteroatoms. The molecule has 4 N–H and O–H groups in total. The Bertz CT molecular complexity index is 1250. The molecule has 4 heterocycles. The van der Waals surface area contributed by atoms with Crippen molar-refractivity contribution in [3.05, 3.63) is 47.3 Å². The van der Waals surface area contributed by atoms with Gasteiger partial charge in [0, 0.05) is 38.4 Å². The maximum absolute atomic E-state index is 13.6. The summed E-state index contributed by atoms with van der Waals surface area (Å²) in [6.45, 7) is 3.26. The number of aliphatic hydroxyl groups is 1. The topological polar surface area (TPSA) is 176 Å². The largest absolute Gasteiger partial charge is 0.481 e. The van der Waals surface area contributed by atoms with Crippen LogP contribution in [0.1, 0.15) is 42.1 Å². The van der Waals surface area contributed by atoms with E-state index in [1.165, 1.54) is 23.8 Å². The van der Waals surface area contributed by atoms with Gasteiger partial charge >= 0.3 is 5.97 Å². The van der Waals surface area contributed by atoms with Gasteiger partial charge in [0.1, 0.15) is 5.82 Å². The van der Waals surface area contributed by atoms with E-state index in [-0.39, 0.29) is 32.1 Å². The zero-order chi connectivity index (χ0) is 31.3. The number of aromatic nitrogens is 2. The SMILES string of the molecule is COc1ccc([C@H](CC(=O)O)NC(=O)CN2CCC(N(CCOCCOCCO)Cc3ccc4c(n3)NCCC4)C2=O)cn1. The number of pyridine rings is 2. The number of aryl methyl sites for hydroxylation is 1. The van der Waals surface area contributed by atoms with Crippen LogP contribution in [0.4, 0.5) is 5.82 Å². The van der Waals surface area contributed by atoms with Gasteiger partial charge in [0.25, 0.3) is 0 Å². The number of methoxy groups -OCH3 is 1. The lowest BCUT2D eigenvalue weighted by atomic mass is 10.1. The van der Waals surface area contributed by atoms with Gasteiger partial charge in [0.2, 0.25) is 17.7 Å². The first-order valence-electron chi connectivity index (χ1n) is 14.9. The average Bonchev–Trinajstić information content (AvgIpc) is 3.38. The molecule has 2 aliphatic heterocycles. The minimum absolute atomic E-state index is 0.0480. The van der Waals surface area contributed by atoms with Crippen molar-refractivity contribution < 1.29 is 38.8 Å². The molecule has 0 aliphatic carbocycles. The molecule has 14 nitrogen and oxygen atoms in total. The van der Waals surface area contributed by atoms with Crippen LogP contribution >= 0.6 is 0 Å². The van der Waals surface area contributed by atoms with Crippen molar-refractivity contribution in [3.8, 4) is 5.88 Å². The van der Waals surface area contributed by atoms with Crippen LogP contribution in [0.5, 0.6) is 5.88 Å². The molecule has 2 atom stereocenters. The lowest BCUT2D eigenvalue weighted by molar-refractivity contribution is -0.139. The number of ether oxygens (including phenoxy) is 3. The number of nitrogens with zero attached hydrogens (tertiary/aromatic N) is 4. The molecule has 44 heavy (non-hydrogen) atoms. The molecular weight excluding hydrogens is 572 g/mol. The van der Waals surface area contributed by atoms with E-state index in [4.69, 9.17) is 24.3 Å². The number of aliphatic hydroxyl groups excluding tert-OH is 1. The minimum Gasteiger partial charge on any atom is -0.481 e. The van der Waals surface area contributed by atoms with Crippen molar-refractivity contribution in [1.82, 2.24) is 25.1 Å². The van der Waals surface area contributed by atoms with Gasteiger partial charge in [-0.05, 0) is 36.5 Å². The molecule has 0 bridgehead atoms. The number of carboxylic acid groups (broad SMARTS) is 1. The van der Waals surface area contributed by atoms with Gasteiger partial charge < -0.3 is 40.0 Å². The highest BCUT2D eigenvalue weighted by atomic mass is 16.5. The minimum atomic E-state index is -1.08. The molecule has 0 aromatic carbocycles. The summed E-state index contributed by atoms with van der Waals surface area (Å²) < 4.78 is 16.0. The first kappa shape index (κ1) is 33.1. The van der Waals surface area contributed by atoms with Gasteiger partial charge in [-0.3, -0.25) is 19.3 Å². The second kappa shape index (κ2) is 16.9. The lowest BCUT2D eigenvalue weighted by Gasteiger charge is -2.28. The van der Waals surface area contributed by atoms with Crippen LogP contribution < -0.4 is 15.4 Å². The molecule has 0 radical (unpaired) electrons. The van der Waals surface area contributed by atoms with Crippen LogP contribution in [-0.4, -0.2) is 120 Å². The van der Waals surface area contributed by atoms with E-state index in [9.17, 15) is 19.5 Å². The van der Waals surface area contributed by atoms with Crippen LogP contribution in [-0.2, 0) is 36.8 Å². The Balaban J connectivity index is 1.38. The summed E-state index contributed by atoms with van der Waals surface area (Å²) in [6, 6.07) is 6.03. The zero-order valence-electron chi connectivity index (χ0n) is 25.1. The van der Waals surface area contributed by atoms with E-state index in [1.54, 1.807) is 12.1 Å². The van der Waals surface area contributed by atoms with Crippen LogP contribution in [0, 0.1) is 0 Å². The molecule has 0 saturated carbocycles. The summed E-state index contributed by atoms with van der Waals surface area (Å²) in [5.74, 6) is -0.461. The number of carbonyl (C=O) groups is 3. The molecule has 4 rings (SSSR count). The fourth-order valence-electron chi connectivity index (χ4n) is 5.36. The van der Waals surface area contributed by atoms with E-state index < -0.39 is 24.0 Å². The molecule has 2 aromatic rings. The number of carbonyl (C=O) groups excluding carboxylic acids is 2. The molecule has 1 fully saturated rings. The molecule has 0 spiro atoms. The number of fused-ring (bicyclic) bond motifs is 1. The van der Waals surface area contributed by atoms with Gasteiger partial charge in [0.05, 0.1) is 70.9 Å². The van der Waals surface area contributed by atoms with Gasteiger partial charge in [-0.15, -0.1) is 0 Å². The fourth-order valence-corrected chi connectivity index (χ4v) is 5.36. The molecule has 240 valence electrons. The van der Waals surface area contributed by atoms with Gasteiger partial charge in [0.15, 0.2) is 0 Å². The highest BCUT2D eigenvalue weighted by Gasteiger charge is 2.37. The maximum atomic E-state index is 13.6. The van der Waals surface area contributed by atoms with Crippen LogP contribution in [0.3, 0.4) is 0 Å². The quantitative estimate of drug-likeness (QED) is 0.172. The van der Waals surface area contributed by atoms with Crippen LogP contribution in [0.2, 0.25) is 0 Å². The Hall–Kier alpha value is -3.85. The normalized spacial score (nSPS) is 16.8. The van der Waals surface area contributed by atoms with Crippen LogP contribution in [0.15, 0.2) is 30.5 Å². The van der Waals surface area contributed by atoms with Crippen molar-refractivity contribution >= 4 is 23.6 Å². The lowest BCUT2D eigenvalue weighted by Crippen LogP contribution is -2.46. The fraction of sp³-hybridized carbons (Fsp3) is 0.567. The highest BCUT2D eigenvalue weighted by molar-refractivity contribution is 5.89. The summed E-state index contributed by atoms with van der Waals surface area (Å²) in [7, 11) is 1.48. The van der Waals surface area contributed by atoms with E-state index in [0.717, 1.165) is 30.9 Å². The Morgan fingerprint density at radius 3 is 2.73 bits per heavy atom. The van der Waals surface area contributed by atoms with Gasteiger partial charge in [-0.25, -0.2) is 9.97 Å². The summed E-state index contributed by atoms with van der Waals surface area (Å²) in [4.78, 5) is 50.6. The number of nitrogens with one attached hydrogen (secondary N) is 2. The Morgan fingerprint density at radius 2 is 2.00 bits per heavy atom. The van der Waals surface area contributed by atoms with Gasteiger partial charge in [-0.1, -0.05) is 12.1 Å². The van der Waals surface area contributed by atoms with Gasteiger partial charge in [-0.2, -0.15) is 0 Å². The monoisotopic (exact) mass is 614 g/mol. The van der Waals surface area contributed by atoms with Crippen molar-refractivity contribution in [2.24, 2.45) is 0 Å². The Kier molecular flexibility index (Phi) is 12.7. The predicted octanol–water partition coefficient (Wildman–Crippen LogP) is 0.604. The molecular formula is C30H42N6O8. The smallest absolute Gasteiger partial charge is 0.305 e. The summed E-state index contributed by atoms with van der Waals surface area (Å²) in [6.07, 6.45) is 3.69. The van der Waals surface area contributed by atoms with Crippen molar-refractivity contribution in [3.63, 3.8) is 0 Å². The van der Waals surface area contributed by atoms with E-state index >= 15 is 0 Å². The predicted molar refractivity (Wildman–Crippen MR) is 159 cm³/mol. The zero-order valence-corrected chi connectivity index (χ0v) is 25.1. The van der Waals surface area contributed by atoms with Crippen molar-refractivity contribution in [2.75, 3.05) is 71.6 Å². The third kappa shape index (κ3) is 9.58. The maximum Gasteiger partial charge on any atom is 0.305 e.